The second-order valence-electron chi connectivity index (χ2n) is 7.10. The summed E-state index contributed by atoms with van der Waals surface area (Å²) in [5.41, 5.74) is 2.36. The Balaban J connectivity index is 1.53. The van der Waals surface area contributed by atoms with Crippen LogP contribution in [0.25, 0.3) is 0 Å². The molecule has 8 heteroatoms. The maximum Gasteiger partial charge on any atom is 0.146 e. The van der Waals surface area contributed by atoms with E-state index < -0.39 is 6.23 Å². The number of anilines is 2. The number of rotatable bonds is 4. The van der Waals surface area contributed by atoms with Crippen molar-refractivity contribution in [1.29, 1.82) is 0 Å². The summed E-state index contributed by atoms with van der Waals surface area (Å²) >= 11 is 0. The zero-order valence-electron chi connectivity index (χ0n) is 15.6. The molecule has 1 aromatic heterocycles. The second-order valence-corrected chi connectivity index (χ2v) is 7.10. The van der Waals surface area contributed by atoms with Crippen molar-refractivity contribution in [2.45, 2.75) is 19.2 Å². The van der Waals surface area contributed by atoms with Crippen molar-refractivity contribution < 1.29 is 14.6 Å². The van der Waals surface area contributed by atoms with Gasteiger partial charge in [0, 0.05) is 44.4 Å². The highest BCUT2D eigenvalue weighted by molar-refractivity contribution is 5.56. The summed E-state index contributed by atoms with van der Waals surface area (Å²) in [6.07, 6.45) is 3.18. The van der Waals surface area contributed by atoms with Gasteiger partial charge in [-0.05, 0) is 24.6 Å². The lowest BCUT2D eigenvalue weighted by atomic mass is 10.0. The molecule has 2 N–H and O–H groups in total. The maximum atomic E-state index is 14.2. The van der Waals surface area contributed by atoms with Gasteiger partial charge in [-0.15, -0.1) is 0 Å². The standard InChI is InChI=1S/C20H24FN5O2/c1-2-19(28)24-7-9-25(10-8-24)20-15-5-6-26(12-17(15)22-13-23-20)18-11-14(27)3-4-16(18)21/h2-4,11,13,19,27-28H,1,5-10,12H2. The Morgan fingerprint density at radius 1 is 1.11 bits per heavy atom. The van der Waals surface area contributed by atoms with E-state index in [-0.39, 0.29) is 11.6 Å². The highest BCUT2D eigenvalue weighted by Crippen LogP contribution is 2.31. The van der Waals surface area contributed by atoms with E-state index in [4.69, 9.17) is 0 Å². The first-order chi connectivity index (χ1) is 13.6. The molecule has 1 fully saturated rings. The first kappa shape index (κ1) is 18.6. The molecule has 0 radical (unpaired) electrons. The van der Waals surface area contributed by atoms with Crippen LogP contribution >= 0.6 is 0 Å². The van der Waals surface area contributed by atoms with Crippen LogP contribution in [0.5, 0.6) is 5.75 Å². The summed E-state index contributed by atoms with van der Waals surface area (Å²) in [6, 6.07) is 4.08. The van der Waals surface area contributed by atoms with Crippen molar-refractivity contribution >= 4 is 11.5 Å². The van der Waals surface area contributed by atoms with E-state index in [1.165, 1.54) is 24.3 Å². The fourth-order valence-corrected chi connectivity index (χ4v) is 3.91. The van der Waals surface area contributed by atoms with Gasteiger partial charge in [-0.3, -0.25) is 4.90 Å². The van der Waals surface area contributed by atoms with Crippen LogP contribution in [0.1, 0.15) is 11.3 Å². The van der Waals surface area contributed by atoms with Crippen molar-refractivity contribution in [2.24, 2.45) is 0 Å². The summed E-state index contributed by atoms with van der Waals surface area (Å²) < 4.78 is 14.2. The molecule has 2 aromatic rings. The van der Waals surface area contributed by atoms with Crippen LogP contribution in [0.4, 0.5) is 15.9 Å². The van der Waals surface area contributed by atoms with Crippen molar-refractivity contribution in [3.8, 4) is 5.75 Å². The van der Waals surface area contributed by atoms with E-state index in [0.717, 1.165) is 43.3 Å². The van der Waals surface area contributed by atoms with E-state index in [2.05, 4.69) is 21.4 Å². The third kappa shape index (κ3) is 3.53. The molecule has 0 saturated carbocycles. The molecular formula is C20H24FN5O2. The molecule has 0 bridgehead atoms. The minimum Gasteiger partial charge on any atom is -0.508 e. The molecular weight excluding hydrogens is 361 g/mol. The minimum atomic E-state index is -0.618. The highest BCUT2D eigenvalue weighted by atomic mass is 19.1. The Labute approximate surface area is 163 Å². The number of aromatic hydroxyl groups is 1. The number of piperazine rings is 1. The first-order valence-corrected chi connectivity index (χ1v) is 9.42. The Morgan fingerprint density at radius 2 is 1.89 bits per heavy atom. The lowest BCUT2D eigenvalue weighted by Gasteiger charge is -2.39. The molecule has 148 valence electrons. The predicted molar refractivity (Wildman–Crippen MR) is 105 cm³/mol. The molecule has 1 atom stereocenters. The fourth-order valence-electron chi connectivity index (χ4n) is 3.91. The average Bonchev–Trinajstić information content (AvgIpc) is 2.74. The SMILES string of the molecule is C=CC(O)N1CCN(c2ncnc3c2CCN(c2cc(O)ccc2F)C3)CC1. The molecule has 1 aromatic carbocycles. The van der Waals surface area contributed by atoms with Gasteiger partial charge >= 0.3 is 0 Å². The number of fused-ring (bicyclic) bond motifs is 1. The summed E-state index contributed by atoms with van der Waals surface area (Å²) in [5, 5.41) is 19.6. The molecule has 7 nitrogen and oxygen atoms in total. The van der Waals surface area contributed by atoms with E-state index >= 15 is 0 Å². The molecule has 0 amide bonds. The van der Waals surface area contributed by atoms with Crippen LogP contribution in [0, 0.1) is 5.82 Å². The zero-order chi connectivity index (χ0) is 19.7. The van der Waals surface area contributed by atoms with Crippen molar-refractivity contribution in [3.63, 3.8) is 0 Å². The Morgan fingerprint density at radius 3 is 2.64 bits per heavy atom. The monoisotopic (exact) mass is 385 g/mol. The number of benzene rings is 1. The number of phenolic OH excluding ortho intramolecular Hbond substituents is 1. The van der Waals surface area contributed by atoms with E-state index in [0.29, 0.717) is 25.2 Å². The highest BCUT2D eigenvalue weighted by Gasteiger charge is 2.27. The van der Waals surface area contributed by atoms with Gasteiger partial charge in [0.1, 0.15) is 29.9 Å². The lowest BCUT2D eigenvalue weighted by molar-refractivity contribution is 0.0379. The van der Waals surface area contributed by atoms with E-state index in [1.807, 2.05) is 9.80 Å². The first-order valence-electron chi connectivity index (χ1n) is 9.42. The summed E-state index contributed by atoms with van der Waals surface area (Å²) in [6.45, 7) is 7.73. The smallest absolute Gasteiger partial charge is 0.146 e. The number of hydrogen-bond acceptors (Lipinski definition) is 7. The molecule has 2 aliphatic rings. The fraction of sp³-hybridized carbons (Fsp3) is 0.400. The van der Waals surface area contributed by atoms with Gasteiger partial charge in [0.2, 0.25) is 0 Å². The van der Waals surface area contributed by atoms with E-state index in [1.54, 1.807) is 6.33 Å². The molecule has 28 heavy (non-hydrogen) atoms. The number of phenols is 1. The summed E-state index contributed by atoms with van der Waals surface area (Å²) in [4.78, 5) is 15.0. The number of nitrogens with zero attached hydrogens (tertiary/aromatic N) is 5. The van der Waals surface area contributed by atoms with Gasteiger partial charge < -0.3 is 20.0 Å². The molecule has 2 aliphatic heterocycles. The van der Waals surface area contributed by atoms with Gasteiger partial charge in [0.05, 0.1) is 17.9 Å². The van der Waals surface area contributed by atoms with Gasteiger partial charge in [0.25, 0.3) is 0 Å². The van der Waals surface area contributed by atoms with Gasteiger partial charge in [-0.25, -0.2) is 14.4 Å². The van der Waals surface area contributed by atoms with Crippen LogP contribution in [0.2, 0.25) is 0 Å². The Bertz CT molecular complexity index is 870. The molecule has 1 unspecified atom stereocenters. The number of halogens is 1. The number of hydrogen-bond donors (Lipinski definition) is 2. The minimum absolute atomic E-state index is 0.0464. The molecule has 3 heterocycles. The lowest BCUT2D eigenvalue weighted by Crippen LogP contribution is -2.50. The largest absolute Gasteiger partial charge is 0.508 e. The summed E-state index contributed by atoms with van der Waals surface area (Å²) in [7, 11) is 0. The molecule has 0 aliphatic carbocycles. The number of aliphatic hydroxyl groups excluding tert-OH is 1. The van der Waals surface area contributed by atoms with Crippen LogP contribution in [-0.4, -0.2) is 64.0 Å². The van der Waals surface area contributed by atoms with E-state index in [9.17, 15) is 14.6 Å². The maximum absolute atomic E-state index is 14.2. The normalized spacial score (nSPS) is 18.6. The van der Waals surface area contributed by atoms with Gasteiger partial charge in [-0.1, -0.05) is 6.58 Å². The molecule has 4 rings (SSSR count). The quantitative estimate of drug-likeness (QED) is 0.773. The van der Waals surface area contributed by atoms with Crippen molar-refractivity contribution in [3.05, 3.63) is 54.3 Å². The van der Waals surface area contributed by atoms with Crippen molar-refractivity contribution in [1.82, 2.24) is 14.9 Å². The van der Waals surface area contributed by atoms with Gasteiger partial charge in [-0.2, -0.15) is 0 Å². The third-order valence-electron chi connectivity index (χ3n) is 5.45. The summed E-state index contributed by atoms with van der Waals surface area (Å²) in [5.74, 6) is 0.617. The topological polar surface area (TPSA) is 76.0 Å². The second kappa shape index (κ2) is 7.73. The molecule has 0 spiro atoms. The van der Waals surface area contributed by atoms with Crippen LogP contribution in [0.15, 0.2) is 37.2 Å². The number of aliphatic hydroxyl groups is 1. The Hall–Kier alpha value is -2.71. The number of aromatic nitrogens is 2. The zero-order valence-corrected chi connectivity index (χ0v) is 15.6. The predicted octanol–water partition coefficient (Wildman–Crippen LogP) is 1.51. The van der Waals surface area contributed by atoms with Crippen LogP contribution in [0.3, 0.4) is 0 Å². The van der Waals surface area contributed by atoms with Crippen LogP contribution in [-0.2, 0) is 13.0 Å². The average molecular weight is 385 g/mol. The Kier molecular flexibility index (Phi) is 5.15. The van der Waals surface area contributed by atoms with Crippen molar-refractivity contribution in [2.75, 3.05) is 42.5 Å². The van der Waals surface area contributed by atoms with Crippen LogP contribution < -0.4 is 9.80 Å². The van der Waals surface area contributed by atoms with Gasteiger partial charge in [0.15, 0.2) is 0 Å². The third-order valence-corrected chi connectivity index (χ3v) is 5.45. The molecule has 1 saturated heterocycles.